The van der Waals surface area contributed by atoms with Gasteiger partial charge < -0.3 is 0 Å². The molecule has 0 aromatic heterocycles. The summed E-state index contributed by atoms with van der Waals surface area (Å²) in [7, 11) is 0. The molecule has 2 rings (SSSR count). The number of carbonyl (C=O) groups excluding carboxylic acids is 1. The Labute approximate surface area is 61.1 Å². The molecule has 1 saturated carbocycles. The van der Waals surface area contributed by atoms with Crippen molar-refractivity contribution in [3.63, 3.8) is 0 Å². The van der Waals surface area contributed by atoms with Crippen LogP contribution < -0.4 is 0 Å². The van der Waals surface area contributed by atoms with Crippen molar-refractivity contribution < 1.29 is 4.79 Å². The molecule has 2 aliphatic rings. The number of hydrogen-bond donors (Lipinski definition) is 0. The lowest BCUT2D eigenvalue weighted by atomic mass is 9.63. The zero-order chi connectivity index (χ0) is 7.03. The minimum absolute atomic E-state index is 0.343. The Hall–Kier alpha value is -0.590. The highest BCUT2D eigenvalue weighted by molar-refractivity contribution is 5.86. The third-order valence-corrected chi connectivity index (χ3v) is 2.62. The quantitative estimate of drug-likeness (QED) is 0.466. The zero-order valence-electron chi connectivity index (χ0n) is 6.10. The molecule has 0 bridgehead atoms. The van der Waals surface area contributed by atoms with Crippen LogP contribution in [0, 0.1) is 5.41 Å². The van der Waals surface area contributed by atoms with E-state index in [0.717, 1.165) is 12.8 Å². The molecule has 2 aliphatic carbocycles. The van der Waals surface area contributed by atoms with Gasteiger partial charge >= 0.3 is 0 Å². The number of hydrogen-bond acceptors (Lipinski definition) is 1. The fourth-order valence-corrected chi connectivity index (χ4v) is 2.02. The van der Waals surface area contributed by atoms with Crippen LogP contribution in [0.2, 0.25) is 0 Å². The maximum absolute atomic E-state index is 10.7. The van der Waals surface area contributed by atoms with E-state index in [1.54, 1.807) is 0 Å². The summed E-state index contributed by atoms with van der Waals surface area (Å²) in [4.78, 5) is 10.7. The Morgan fingerprint density at radius 3 is 2.70 bits per heavy atom. The monoisotopic (exact) mass is 136 g/mol. The molecule has 0 radical (unpaired) electrons. The standard InChI is InChI=1S/C9H12O/c10-8-6-9(7-8)4-2-1-3-5-9/h2,4H,1,3,5-7H2. The molecule has 1 spiro atoms. The van der Waals surface area contributed by atoms with Crippen molar-refractivity contribution in [2.24, 2.45) is 5.41 Å². The van der Waals surface area contributed by atoms with Gasteiger partial charge in [-0.15, -0.1) is 0 Å². The number of ketones is 1. The molecule has 0 N–H and O–H groups in total. The normalized spacial score (nSPS) is 28.6. The average molecular weight is 136 g/mol. The molecular formula is C9H12O. The van der Waals surface area contributed by atoms with Crippen molar-refractivity contribution in [3.05, 3.63) is 12.2 Å². The van der Waals surface area contributed by atoms with Gasteiger partial charge in [0, 0.05) is 18.3 Å². The molecule has 0 saturated heterocycles. The molecule has 1 heteroatoms. The molecular weight excluding hydrogens is 124 g/mol. The van der Waals surface area contributed by atoms with Gasteiger partial charge in [0.05, 0.1) is 0 Å². The lowest BCUT2D eigenvalue weighted by molar-refractivity contribution is -0.130. The van der Waals surface area contributed by atoms with Gasteiger partial charge in [-0.25, -0.2) is 0 Å². The van der Waals surface area contributed by atoms with Gasteiger partial charge in [-0.05, 0) is 19.3 Å². The van der Waals surface area contributed by atoms with Crippen molar-refractivity contribution >= 4 is 5.78 Å². The van der Waals surface area contributed by atoms with Gasteiger partial charge in [-0.3, -0.25) is 4.79 Å². The highest BCUT2D eigenvalue weighted by atomic mass is 16.1. The van der Waals surface area contributed by atoms with Gasteiger partial charge in [0.2, 0.25) is 0 Å². The lowest BCUT2D eigenvalue weighted by Gasteiger charge is -2.39. The van der Waals surface area contributed by atoms with E-state index >= 15 is 0 Å². The van der Waals surface area contributed by atoms with Crippen LogP contribution in [0.3, 0.4) is 0 Å². The van der Waals surface area contributed by atoms with Crippen molar-refractivity contribution in [3.8, 4) is 0 Å². The first-order chi connectivity index (χ1) is 4.81. The number of allylic oxidation sites excluding steroid dienone is 2. The fraction of sp³-hybridized carbons (Fsp3) is 0.667. The van der Waals surface area contributed by atoms with E-state index < -0.39 is 0 Å². The van der Waals surface area contributed by atoms with Gasteiger partial charge in [-0.2, -0.15) is 0 Å². The van der Waals surface area contributed by atoms with E-state index in [4.69, 9.17) is 0 Å². The average Bonchev–Trinajstić information content (AvgIpc) is 1.87. The van der Waals surface area contributed by atoms with Crippen molar-refractivity contribution in [2.45, 2.75) is 32.1 Å². The van der Waals surface area contributed by atoms with Gasteiger partial charge in [0.15, 0.2) is 0 Å². The van der Waals surface area contributed by atoms with E-state index in [-0.39, 0.29) is 0 Å². The highest BCUT2D eigenvalue weighted by Gasteiger charge is 2.41. The third kappa shape index (κ3) is 0.808. The fourth-order valence-electron chi connectivity index (χ4n) is 2.02. The molecule has 10 heavy (non-hydrogen) atoms. The first kappa shape index (κ1) is 6.14. The first-order valence-electron chi connectivity index (χ1n) is 4.00. The maximum Gasteiger partial charge on any atom is 0.134 e. The second-order valence-electron chi connectivity index (χ2n) is 3.55. The Morgan fingerprint density at radius 2 is 2.20 bits per heavy atom. The summed E-state index contributed by atoms with van der Waals surface area (Å²) in [5.41, 5.74) is 0.343. The highest BCUT2D eigenvalue weighted by Crippen LogP contribution is 2.45. The molecule has 1 nitrogen and oxygen atoms in total. The number of Topliss-reactive ketones (excluding diaryl/α,β-unsaturated/α-hetero) is 1. The zero-order valence-corrected chi connectivity index (χ0v) is 6.10. The first-order valence-corrected chi connectivity index (χ1v) is 4.00. The van der Waals surface area contributed by atoms with Gasteiger partial charge in [-0.1, -0.05) is 12.2 Å². The molecule has 0 aromatic rings. The van der Waals surface area contributed by atoms with Gasteiger partial charge in [0.1, 0.15) is 5.78 Å². The van der Waals surface area contributed by atoms with Crippen LogP contribution in [0.25, 0.3) is 0 Å². The predicted molar refractivity (Wildman–Crippen MR) is 39.7 cm³/mol. The minimum atomic E-state index is 0.343. The lowest BCUT2D eigenvalue weighted by Crippen LogP contribution is -2.36. The topological polar surface area (TPSA) is 17.1 Å². The van der Waals surface area contributed by atoms with Crippen LogP contribution in [0.5, 0.6) is 0 Å². The smallest absolute Gasteiger partial charge is 0.134 e. The molecule has 0 aromatic carbocycles. The third-order valence-electron chi connectivity index (χ3n) is 2.62. The number of carbonyl (C=O) groups is 1. The minimum Gasteiger partial charge on any atom is -0.300 e. The summed E-state index contributed by atoms with van der Waals surface area (Å²) in [6, 6.07) is 0. The van der Waals surface area contributed by atoms with E-state index in [1.807, 2.05) is 0 Å². The molecule has 54 valence electrons. The molecule has 0 heterocycles. The summed E-state index contributed by atoms with van der Waals surface area (Å²) in [5.74, 6) is 0.451. The SMILES string of the molecule is O=C1CC2(C=CCCC2)C1. The van der Waals surface area contributed by atoms with Crippen LogP contribution in [0.15, 0.2) is 12.2 Å². The molecule has 0 atom stereocenters. The summed E-state index contributed by atoms with van der Waals surface area (Å²) < 4.78 is 0. The van der Waals surface area contributed by atoms with Crippen LogP contribution in [0.4, 0.5) is 0 Å². The largest absolute Gasteiger partial charge is 0.300 e. The summed E-state index contributed by atoms with van der Waals surface area (Å²) in [6.45, 7) is 0. The molecule has 0 amide bonds. The predicted octanol–water partition coefficient (Wildman–Crippen LogP) is 2.08. The maximum atomic E-state index is 10.7. The van der Waals surface area contributed by atoms with Crippen LogP contribution in [-0.2, 0) is 4.79 Å². The summed E-state index contributed by atoms with van der Waals surface area (Å²) >= 11 is 0. The van der Waals surface area contributed by atoms with Crippen molar-refractivity contribution in [1.29, 1.82) is 0 Å². The van der Waals surface area contributed by atoms with E-state index in [0.29, 0.717) is 11.2 Å². The second kappa shape index (κ2) is 1.94. The molecule has 0 aliphatic heterocycles. The van der Waals surface area contributed by atoms with Gasteiger partial charge in [0.25, 0.3) is 0 Å². The van der Waals surface area contributed by atoms with Crippen molar-refractivity contribution in [2.75, 3.05) is 0 Å². The van der Waals surface area contributed by atoms with Crippen LogP contribution in [-0.4, -0.2) is 5.78 Å². The van der Waals surface area contributed by atoms with E-state index in [2.05, 4.69) is 12.2 Å². The van der Waals surface area contributed by atoms with Crippen LogP contribution >= 0.6 is 0 Å². The summed E-state index contributed by atoms with van der Waals surface area (Å²) in [6.07, 6.45) is 9.88. The Bertz CT molecular complexity index is 183. The van der Waals surface area contributed by atoms with Crippen molar-refractivity contribution in [1.82, 2.24) is 0 Å². The van der Waals surface area contributed by atoms with E-state index in [1.165, 1.54) is 19.3 Å². The van der Waals surface area contributed by atoms with E-state index in [9.17, 15) is 4.79 Å². The molecule has 0 unspecified atom stereocenters. The van der Waals surface area contributed by atoms with Crippen LogP contribution in [0.1, 0.15) is 32.1 Å². The summed E-state index contributed by atoms with van der Waals surface area (Å²) in [5, 5.41) is 0. The Balaban J connectivity index is 2.09. The Morgan fingerprint density at radius 1 is 1.40 bits per heavy atom. The Kier molecular flexibility index (Phi) is 1.19. The second-order valence-corrected chi connectivity index (χ2v) is 3.55. The molecule has 1 fully saturated rings. The number of rotatable bonds is 0.